The summed E-state index contributed by atoms with van der Waals surface area (Å²) in [6.07, 6.45) is 3.82. The van der Waals surface area contributed by atoms with Crippen molar-refractivity contribution in [2.45, 2.75) is 13.8 Å². The maximum Gasteiger partial charge on any atom is 0.143 e. The molecule has 3 heteroatoms. The lowest BCUT2D eigenvalue weighted by Crippen LogP contribution is -1.89. The molecular formula is C14H12FNO. The van der Waals surface area contributed by atoms with E-state index in [0.717, 1.165) is 5.57 Å². The van der Waals surface area contributed by atoms with Gasteiger partial charge < -0.3 is 0 Å². The van der Waals surface area contributed by atoms with Gasteiger partial charge in [-0.15, -0.1) is 0 Å². The van der Waals surface area contributed by atoms with Crippen LogP contribution in [0.25, 0.3) is 5.57 Å². The Morgan fingerprint density at radius 2 is 2.12 bits per heavy atom. The molecule has 0 heterocycles. The van der Waals surface area contributed by atoms with Gasteiger partial charge in [-0.05, 0) is 43.2 Å². The number of nitrogens with zero attached hydrogens (tertiary/aromatic N) is 1. The third kappa shape index (κ3) is 3.39. The zero-order chi connectivity index (χ0) is 12.8. The van der Waals surface area contributed by atoms with E-state index < -0.39 is 5.82 Å². The monoisotopic (exact) mass is 229 g/mol. The van der Waals surface area contributed by atoms with E-state index in [9.17, 15) is 9.18 Å². The van der Waals surface area contributed by atoms with Crippen LogP contribution < -0.4 is 0 Å². The fourth-order valence-corrected chi connectivity index (χ4v) is 1.48. The molecule has 0 aliphatic rings. The summed E-state index contributed by atoms with van der Waals surface area (Å²) in [6, 6.07) is 6.21. The first kappa shape index (κ1) is 12.9. The second-order valence-electron chi connectivity index (χ2n) is 3.68. The number of carbonyl (C=O) groups is 1. The van der Waals surface area contributed by atoms with Crippen molar-refractivity contribution in [3.63, 3.8) is 0 Å². The van der Waals surface area contributed by atoms with Gasteiger partial charge in [0.1, 0.15) is 12.1 Å². The number of hydrogen-bond donors (Lipinski definition) is 0. The average molecular weight is 229 g/mol. The van der Waals surface area contributed by atoms with Crippen molar-refractivity contribution in [1.82, 2.24) is 0 Å². The van der Waals surface area contributed by atoms with E-state index in [1.165, 1.54) is 12.1 Å². The highest BCUT2D eigenvalue weighted by Crippen LogP contribution is 2.20. The van der Waals surface area contributed by atoms with Crippen molar-refractivity contribution in [2.24, 2.45) is 0 Å². The second-order valence-corrected chi connectivity index (χ2v) is 3.68. The molecule has 17 heavy (non-hydrogen) atoms. The molecule has 0 bridgehead atoms. The number of halogens is 1. The number of allylic oxidation sites excluding steroid dienone is 4. The van der Waals surface area contributed by atoms with Crippen LogP contribution in [0.15, 0.2) is 35.9 Å². The number of rotatable bonds is 3. The average Bonchev–Trinajstić information content (AvgIpc) is 2.28. The summed E-state index contributed by atoms with van der Waals surface area (Å²) >= 11 is 0. The van der Waals surface area contributed by atoms with Gasteiger partial charge in [-0.2, -0.15) is 5.26 Å². The van der Waals surface area contributed by atoms with Crippen LogP contribution in [0.3, 0.4) is 0 Å². The maximum atomic E-state index is 13.6. The third-order valence-corrected chi connectivity index (χ3v) is 2.30. The summed E-state index contributed by atoms with van der Waals surface area (Å²) in [6.45, 7) is 3.52. The summed E-state index contributed by atoms with van der Waals surface area (Å²) in [4.78, 5) is 10.3. The molecular weight excluding hydrogens is 217 g/mol. The van der Waals surface area contributed by atoms with Gasteiger partial charge in [-0.1, -0.05) is 12.1 Å². The fraction of sp³-hybridized carbons (Fsp3) is 0.143. The first-order valence-corrected chi connectivity index (χ1v) is 5.09. The number of hydrogen-bond acceptors (Lipinski definition) is 2. The lowest BCUT2D eigenvalue weighted by atomic mass is 10.0. The van der Waals surface area contributed by atoms with Crippen LogP contribution in [0.1, 0.15) is 25.0 Å². The van der Waals surface area contributed by atoms with Crippen LogP contribution in [0.2, 0.25) is 0 Å². The van der Waals surface area contributed by atoms with Crippen LogP contribution in [-0.2, 0) is 4.79 Å². The Hall–Kier alpha value is -2.21. The minimum Gasteiger partial charge on any atom is -0.299 e. The molecule has 0 aromatic heterocycles. The third-order valence-electron chi connectivity index (χ3n) is 2.30. The first-order valence-electron chi connectivity index (χ1n) is 5.09. The van der Waals surface area contributed by atoms with Crippen molar-refractivity contribution in [3.05, 3.63) is 52.9 Å². The predicted octanol–water partition coefficient (Wildman–Crippen LogP) is 3.25. The van der Waals surface area contributed by atoms with Gasteiger partial charge in [0.2, 0.25) is 0 Å². The van der Waals surface area contributed by atoms with E-state index in [-0.39, 0.29) is 0 Å². The molecule has 0 saturated heterocycles. The number of aldehydes is 1. The van der Waals surface area contributed by atoms with E-state index >= 15 is 0 Å². The molecule has 0 radical (unpaired) electrons. The van der Waals surface area contributed by atoms with Gasteiger partial charge in [0.15, 0.2) is 0 Å². The van der Waals surface area contributed by atoms with Gasteiger partial charge in [0, 0.05) is 5.56 Å². The van der Waals surface area contributed by atoms with E-state index in [0.29, 0.717) is 23.0 Å². The largest absolute Gasteiger partial charge is 0.299 e. The highest BCUT2D eigenvalue weighted by molar-refractivity contribution is 5.72. The number of nitriles is 1. The molecule has 1 aromatic carbocycles. The minimum absolute atomic E-state index is 0.291. The number of carbonyl (C=O) groups excluding carboxylic acids is 1. The SMILES string of the molecule is CC(=C/C=O)/C=C(/C)c1ccc(C#N)cc1F. The van der Waals surface area contributed by atoms with Crippen LogP contribution in [0.4, 0.5) is 4.39 Å². The first-order chi connectivity index (χ1) is 8.08. The molecule has 0 aliphatic carbocycles. The Balaban J connectivity index is 3.14. The van der Waals surface area contributed by atoms with Gasteiger partial charge >= 0.3 is 0 Å². The molecule has 0 fully saturated rings. The van der Waals surface area contributed by atoms with Crippen molar-refractivity contribution in [1.29, 1.82) is 5.26 Å². The van der Waals surface area contributed by atoms with Gasteiger partial charge in [-0.3, -0.25) is 4.79 Å². The van der Waals surface area contributed by atoms with Gasteiger partial charge in [0.25, 0.3) is 0 Å². The van der Waals surface area contributed by atoms with E-state index in [1.807, 2.05) is 6.07 Å². The van der Waals surface area contributed by atoms with Crippen LogP contribution in [-0.4, -0.2) is 6.29 Å². The van der Waals surface area contributed by atoms with Crippen molar-refractivity contribution >= 4 is 11.9 Å². The molecule has 0 aliphatic heterocycles. The van der Waals surface area contributed by atoms with Crippen LogP contribution in [0, 0.1) is 17.1 Å². The Bertz CT molecular complexity index is 536. The lowest BCUT2D eigenvalue weighted by molar-refractivity contribution is -0.104. The maximum absolute atomic E-state index is 13.6. The Kier molecular flexibility index (Phi) is 4.36. The topological polar surface area (TPSA) is 40.9 Å². The molecule has 86 valence electrons. The van der Waals surface area contributed by atoms with Gasteiger partial charge in [-0.25, -0.2) is 4.39 Å². The normalized spacial score (nSPS) is 12.1. The summed E-state index contributed by atoms with van der Waals surface area (Å²) in [5, 5.41) is 8.63. The van der Waals surface area contributed by atoms with Crippen molar-refractivity contribution in [2.75, 3.05) is 0 Å². The molecule has 0 N–H and O–H groups in total. The van der Waals surface area contributed by atoms with Gasteiger partial charge in [0.05, 0.1) is 11.6 Å². The molecule has 2 nitrogen and oxygen atoms in total. The molecule has 0 amide bonds. The zero-order valence-corrected chi connectivity index (χ0v) is 9.70. The molecule has 0 spiro atoms. The van der Waals surface area contributed by atoms with Crippen LogP contribution in [0.5, 0.6) is 0 Å². The summed E-state index contributed by atoms with van der Waals surface area (Å²) in [7, 11) is 0. The van der Waals surface area contributed by atoms with E-state index in [2.05, 4.69) is 0 Å². The smallest absolute Gasteiger partial charge is 0.143 e. The highest BCUT2D eigenvalue weighted by atomic mass is 19.1. The summed E-state index contributed by atoms with van der Waals surface area (Å²) < 4.78 is 13.6. The summed E-state index contributed by atoms with van der Waals surface area (Å²) in [5.74, 6) is -0.434. The Labute approximate surface area is 99.7 Å². The molecule has 0 unspecified atom stereocenters. The number of benzene rings is 1. The van der Waals surface area contributed by atoms with Crippen molar-refractivity contribution in [3.8, 4) is 6.07 Å². The second kappa shape index (κ2) is 5.76. The molecule has 1 rings (SSSR count). The van der Waals surface area contributed by atoms with Crippen LogP contribution >= 0.6 is 0 Å². The highest BCUT2D eigenvalue weighted by Gasteiger charge is 2.05. The predicted molar refractivity (Wildman–Crippen MR) is 64.6 cm³/mol. The van der Waals surface area contributed by atoms with Crippen molar-refractivity contribution < 1.29 is 9.18 Å². The quantitative estimate of drug-likeness (QED) is 0.453. The standard InChI is InChI=1S/C14H12FNO/c1-10(5-6-17)7-11(2)13-4-3-12(9-16)8-14(13)15/h3-8H,1-2H3/b10-5-,11-7-. The Morgan fingerprint density at radius 3 is 2.65 bits per heavy atom. The van der Waals surface area contributed by atoms with E-state index in [1.54, 1.807) is 32.1 Å². The summed E-state index contributed by atoms with van der Waals surface area (Å²) in [5.41, 5.74) is 2.19. The molecule has 0 saturated carbocycles. The molecule has 1 aromatic rings. The minimum atomic E-state index is -0.434. The fourth-order valence-electron chi connectivity index (χ4n) is 1.48. The van der Waals surface area contributed by atoms with E-state index in [4.69, 9.17) is 5.26 Å². The lowest BCUT2D eigenvalue weighted by Gasteiger charge is -2.04. The molecule has 0 atom stereocenters. The Morgan fingerprint density at radius 1 is 1.41 bits per heavy atom. The zero-order valence-electron chi connectivity index (χ0n) is 9.70.